The highest BCUT2D eigenvalue weighted by atomic mass is 19.2. The van der Waals surface area contributed by atoms with Gasteiger partial charge in [-0.2, -0.15) is 0 Å². The number of halogens is 2. The third-order valence-electron chi connectivity index (χ3n) is 4.22. The van der Waals surface area contributed by atoms with Gasteiger partial charge in [-0.15, -0.1) is 0 Å². The van der Waals surface area contributed by atoms with Gasteiger partial charge in [-0.3, -0.25) is 4.99 Å². The fourth-order valence-corrected chi connectivity index (χ4v) is 3.13. The molecule has 0 aromatic heterocycles. The van der Waals surface area contributed by atoms with Crippen molar-refractivity contribution in [3.8, 4) is 0 Å². The average Bonchev–Trinajstić information content (AvgIpc) is 2.74. The van der Waals surface area contributed by atoms with Gasteiger partial charge in [-0.25, -0.2) is 8.78 Å². The zero-order chi connectivity index (χ0) is 17.9. The largest absolute Gasteiger partial charge is 0.473 e. The number of nitrogens with zero attached hydrogens (tertiary/aromatic N) is 3. The molecule has 2 rings (SSSR count). The first-order chi connectivity index (χ1) is 11.3. The Morgan fingerprint density at radius 2 is 2.08 bits per heavy atom. The summed E-state index contributed by atoms with van der Waals surface area (Å²) >= 11 is 0. The molecular weight excluding hydrogens is 312 g/mol. The van der Waals surface area contributed by atoms with Crippen LogP contribution in [0.25, 0.3) is 0 Å². The van der Waals surface area contributed by atoms with E-state index in [1.165, 1.54) is 12.1 Å². The fourth-order valence-electron chi connectivity index (χ4n) is 3.13. The Bertz CT molecular complexity index is 656. The van der Waals surface area contributed by atoms with Crippen LogP contribution in [0.15, 0.2) is 35.1 Å². The van der Waals surface area contributed by atoms with E-state index in [-0.39, 0.29) is 17.7 Å². The first kappa shape index (κ1) is 18.2. The number of hydrogen-bond acceptors (Lipinski definition) is 4. The summed E-state index contributed by atoms with van der Waals surface area (Å²) in [7, 11) is 3.63. The molecule has 1 aliphatic heterocycles. The molecule has 1 heterocycles. The summed E-state index contributed by atoms with van der Waals surface area (Å²) in [6.45, 7) is 8.14. The Morgan fingerprint density at radius 3 is 2.71 bits per heavy atom. The molecule has 0 unspecified atom stereocenters. The second-order valence-corrected chi connectivity index (χ2v) is 6.48. The SMILES string of the molecule is CCN1/C(=C/C(=N\C)OCc2cccc(F)c2F)N(C)CC1(C)C. The molecule has 4 nitrogen and oxygen atoms in total. The van der Waals surface area contributed by atoms with Crippen molar-refractivity contribution in [1.82, 2.24) is 9.80 Å². The maximum atomic E-state index is 13.7. The van der Waals surface area contributed by atoms with Gasteiger partial charge in [0.25, 0.3) is 0 Å². The molecule has 1 aromatic carbocycles. The molecule has 6 heteroatoms. The van der Waals surface area contributed by atoms with Gasteiger partial charge in [-0.05, 0) is 26.8 Å². The quantitative estimate of drug-likeness (QED) is 0.623. The monoisotopic (exact) mass is 337 g/mol. The van der Waals surface area contributed by atoms with Gasteiger partial charge in [0.2, 0.25) is 5.90 Å². The van der Waals surface area contributed by atoms with Crippen molar-refractivity contribution in [3.63, 3.8) is 0 Å². The zero-order valence-electron chi connectivity index (χ0n) is 14.9. The van der Waals surface area contributed by atoms with Crippen LogP contribution in [0.3, 0.4) is 0 Å². The van der Waals surface area contributed by atoms with E-state index in [1.54, 1.807) is 7.05 Å². The Morgan fingerprint density at radius 1 is 1.38 bits per heavy atom. The number of rotatable bonds is 4. The summed E-state index contributed by atoms with van der Waals surface area (Å²) in [4.78, 5) is 8.53. The minimum absolute atomic E-state index is 0.0167. The number of hydrogen-bond donors (Lipinski definition) is 0. The molecule has 1 fully saturated rings. The summed E-state index contributed by atoms with van der Waals surface area (Å²) in [5, 5.41) is 0. The Balaban J connectivity index is 2.16. The number of benzene rings is 1. The number of likely N-dealkylation sites (N-methyl/N-ethyl adjacent to an activating group) is 2. The molecule has 1 saturated heterocycles. The minimum atomic E-state index is -0.880. The third-order valence-corrected chi connectivity index (χ3v) is 4.22. The topological polar surface area (TPSA) is 28.1 Å². The average molecular weight is 337 g/mol. The van der Waals surface area contributed by atoms with Crippen molar-refractivity contribution in [2.24, 2.45) is 4.99 Å². The Kier molecular flexibility index (Phi) is 5.47. The predicted octanol–water partition coefficient (Wildman–Crippen LogP) is 3.40. The van der Waals surface area contributed by atoms with Crippen molar-refractivity contribution in [2.75, 3.05) is 27.2 Å². The highest BCUT2D eigenvalue weighted by Gasteiger charge is 2.37. The van der Waals surface area contributed by atoms with Crippen molar-refractivity contribution < 1.29 is 13.5 Å². The summed E-state index contributed by atoms with van der Waals surface area (Å²) in [5.74, 6) is -0.367. The number of aliphatic imine (C=N–C) groups is 1. The van der Waals surface area contributed by atoms with Crippen LogP contribution in [0.1, 0.15) is 26.3 Å². The maximum absolute atomic E-state index is 13.7. The molecule has 1 aliphatic rings. The third kappa shape index (κ3) is 3.68. The number of ether oxygens (including phenoxy) is 1. The molecule has 0 N–H and O–H groups in total. The lowest BCUT2D eigenvalue weighted by Gasteiger charge is -2.31. The molecule has 0 bridgehead atoms. The molecule has 0 spiro atoms. The second-order valence-electron chi connectivity index (χ2n) is 6.48. The zero-order valence-corrected chi connectivity index (χ0v) is 14.9. The van der Waals surface area contributed by atoms with E-state index in [9.17, 15) is 8.78 Å². The lowest BCUT2D eigenvalue weighted by Crippen LogP contribution is -2.39. The first-order valence-corrected chi connectivity index (χ1v) is 8.03. The molecule has 24 heavy (non-hydrogen) atoms. The molecule has 1 aromatic rings. The molecule has 0 amide bonds. The highest BCUT2D eigenvalue weighted by molar-refractivity contribution is 5.88. The molecule has 0 aliphatic carbocycles. The second kappa shape index (κ2) is 7.20. The standard InChI is InChI=1S/C18H25F2N3O/c1-6-23-16(22(5)12-18(23,2)3)10-15(21-4)24-11-13-8-7-9-14(19)17(13)20/h7-10H,6,11-12H2,1-5H3/b16-10+,21-15+. The van der Waals surface area contributed by atoms with E-state index in [1.807, 2.05) is 13.1 Å². The lowest BCUT2D eigenvalue weighted by atomic mass is 10.1. The first-order valence-electron chi connectivity index (χ1n) is 8.03. The molecule has 132 valence electrons. The van der Waals surface area contributed by atoms with Crippen LogP contribution in [0, 0.1) is 11.6 Å². The van der Waals surface area contributed by atoms with Crippen LogP contribution in [0.5, 0.6) is 0 Å². The van der Waals surface area contributed by atoms with Gasteiger partial charge in [0, 0.05) is 38.8 Å². The Hall–Kier alpha value is -2.11. The summed E-state index contributed by atoms with van der Waals surface area (Å²) < 4.78 is 32.6. The van der Waals surface area contributed by atoms with Crippen LogP contribution in [-0.2, 0) is 11.3 Å². The van der Waals surface area contributed by atoms with Crippen LogP contribution in [0.4, 0.5) is 8.78 Å². The fraction of sp³-hybridized carbons (Fsp3) is 0.500. The summed E-state index contributed by atoms with van der Waals surface area (Å²) in [6, 6.07) is 4.05. The molecule has 0 atom stereocenters. The van der Waals surface area contributed by atoms with Crippen molar-refractivity contribution in [2.45, 2.75) is 32.9 Å². The van der Waals surface area contributed by atoms with Gasteiger partial charge in [-0.1, -0.05) is 12.1 Å². The van der Waals surface area contributed by atoms with Crippen LogP contribution in [0.2, 0.25) is 0 Å². The van der Waals surface area contributed by atoms with Crippen LogP contribution < -0.4 is 0 Å². The van der Waals surface area contributed by atoms with Gasteiger partial charge in [0.05, 0.1) is 5.54 Å². The smallest absolute Gasteiger partial charge is 0.212 e. The predicted molar refractivity (Wildman–Crippen MR) is 91.7 cm³/mol. The van der Waals surface area contributed by atoms with Crippen LogP contribution in [-0.4, -0.2) is 48.4 Å². The minimum Gasteiger partial charge on any atom is -0.473 e. The van der Waals surface area contributed by atoms with Gasteiger partial charge in [0.15, 0.2) is 11.6 Å². The van der Waals surface area contributed by atoms with Gasteiger partial charge >= 0.3 is 0 Å². The normalized spacial score (nSPS) is 19.3. The molecule has 0 radical (unpaired) electrons. The van der Waals surface area contributed by atoms with E-state index >= 15 is 0 Å². The Labute approximate surface area is 142 Å². The van der Waals surface area contributed by atoms with Gasteiger partial charge < -0.3 is 14.5 Å². The van der Waals surface area contributed by atoms with E-state index in [0.717, 1.165) is 25.0 Å². The summed E-state index contributed by atoms with van der Waals surface area (Å²) in [5.41, 5.74) is 0.185. The van der Waals surface area contributed by atoms with Gasteiger partial charge in [0.1, 0.15) is 12.4 Å². The van der Waals surface area contributed by atoms with E-state index in [4.69, 9.17) is 4.74 Å². The van der Waals surface area contributed by atoms with Crippen molar-refractivity contribution in [1.29, 1.82) is 0 Å². The van der Waals surface area contributed by atoms with E-state index in [2.05, 4.69) is 35.6 Å². The van der Waals surface area contributed by atoms with Crippen molar-refractivity contribution >= 4 is 5.90 Å². The van der Waals surface area contributed by atoms with Crippen molar-refractivity contribution in [3.05, 3.63) is 47.3 Å². The summed E-state index contributed by atoms with van der Waals surface area (Å²) in [6.07, 6.45) is 1.84. The molecule has 0 saturated carbocycles. The molecular formula is C18H25F2N3O. The van der Waals surface area contributed by atoms with Crippen LogP contribution >= 0.6 is 0 Å². The lowest BCUT2D eigenvalue weighted by molar-refractivity contribution is 0.227. The van der Waals surface area contributed by atoms with E-state index in [0.29, 0.717) is 5.90 Å². The van der Waals surface area contributed by atoms with E-state index < -0.39 is 11.6 Å². The highest BCUT2D eigenvalue weighted by Crippen LogP contribution is 2.30. The maximum Gasteiger partial charge on any atom is 0.212 e.